The molecule has 0 aliphatic rings. The van der Waals surface area contributed by atoms with E-state index in [1.54, 1.807) is 22.8 Å². The molecular formula is C19H18ClN3O. The smallest absolute Gasteiger partial charge is 0.227 e. The zero-order valence-electron chi connectivity index (χ0n) is 13.4. The maximum absolute atomic E-state index is 12.4. The van der Waals surface area contributed by atoms with Gasteiger partial charge in [0.25, 0.3) is 0 Å². The summed E-state index contributed by atoms with van der Waals surface area (Å²) in [5.41, 5.74) is 2.88. The van der Waals surface area contributed by atoms with Crippen molar-refractivity contribution in [2.75, 3.05) is 7.05 Å². The number of para-hydroxylation sites is 1. The number of rotatable bonds is 5. The van der Waals surface area contributed by atoms with Crippen LogP contribution in [0.3, 0.4) is 0 Å². The second kappa shape index (κ2) is 7.32. The number of halogens is 1. The van der Waals surface area contributed by atoms with E-state index in [0.29, 0.717) is 18.0 Å². The summed E-state index contributed by atoms with van der Waals surface area (Å²) in [6, 6.07) is 17.4. The van der Waals surface area contributed by atoms with E-state index >= 15 is 0 Å². The highest BCUT2D eigenvalue weighted by molar-refractivity contribution is 6.30. The van der Waals surface area contributed by atoms with Crippen molar-refractivity contribution in [2.24, 2.45) is 0 Å². The van der Waals surface area contributed by atoms with Crippen LogP contribution < -0.4 is 0 Å². The molecule has 0 aliphatic carbocycles. The first-order valence-corrected chi connectivity index (χ1v) is 8.07. The van der Waals surface area contributed by atoms with Crippen molar-refractivity contribution in [3.63, 3.8) is 0 Å². The SMILES string of the molecule is CN(Cc1cccc(Cl)c1)C(=O)Cc1cnn(-c2ccccc2)c1. The highest BCUT2D eigenvalue weighted by Crippen LogP contribution is 2.13. The Morgan fingerprint density at radius 3 is 2.67 bits per heavy atom. The first-order chi connectivity index (χ1) is 11.6. The van der Waals surface area contributed by atoms with Crippen LogP contribution in [0.15, 0.2) is 67.0 Å². The summed E-state index contributed by atoms with van der Waals surface area (Å²) in [6.07, 6.45) is 3.95. The van der Waals surface area contributed by atoms with Crippen molar-refractivity contribution < 1.29 is 4.79 Å². The molecule has 3 aromatic rings. The molecular weight excluding hydrogens is 322 g/mol. The molecule has 1 amide bonds. The number of likely N-dealkylation sites (N-methyl/N-ethyl adjacent to an activating group) is 1. The normalized spacial score (nSPS) is 10.6. The molecule has 2 aromatic carbocycles. The average molecular weight is 340 g/mol. The molecule has 1 heterocycles. The average Bonchev–Trinajstić information content (AvgIpc) is 3.04. The standard InChI is InChI=1S/C19H18ClN3O/c1-22(13-15-6-5-7-17(20)10-15)19(24)11-16-12-21-23(14-16)18-8-3-2-4-9-18/h2-10,12,14H,11,13H2,1H3. The topological polar surface area (TPSA) is 38.1 Å². The first kappa shape index (κ1) is 16.3. The lowest BCUT2D eigenvalue weighted by atomic mass is 10.2. The Bertz CT molecular complexity index is 829. The Hall–Kier alpha value is -2.59. The van der Waals surface area contributed by atoms with Gasteiger partial charge in [-0.2, -0.15) is 5.10 Å². The fourth-order valence-corrected chi connectivity index (χ4v) is 2.69. The minimum atomic E-state index is 0.0441. The summed E-state index contributed by atoms with van der Waals surface area (Å²) in [7, 11) is 1.80. The van der Waals surface area contributed by atoms with E-state index in [0.717, 1.165) is 16.8 Å². The molecule has 4 nitrogen and oxygen atoms in total. The van der Waals surface area contributed by atoms with E-state index in [-0.39, 0.29) is 5.91 Å². The lowest BCUT2D eigenvalue weighted by Crippen LogP contribution is -2.27. The molecule has 0 saturated carbocycles. The maximum Gasteiger partial charge on any atom is 0.227 e. The van der Waals surface area contributed by atoms with Crippen LogP contribution in [0.2, 0.25) is 5.02 Å². The Morgan fingerprint density at radius 1 is 1.12 bits per heavy atom. The van der Waals surface area contributed by atoms with E-state index < -0.39 is 0 Å². The van der Waals surface area contributed by atoms with Gasteiger partial charge in [-0.25, -0.2) is 4.68 Å². The summed E-state index contributed by atoms with van der Waals surface area (Å²) >= 11 is 5.98. The maximum atomic E-state index is 12.4. The summed E-state index contributed by atoms with van der Waals surface area (Å²) in [6.45, 7) is 0.534. The van der Waals surface area contributed by atoms with E-state index in [1.165, 1.54) is 0 Å². The molecule has 0 fully saturated rings. The summed E-state index contributed by atoms with van der Waals surface area (Å²) in [5, 5.41) is 5.00. The van der Waals surface area contributed by atoms with Crippen LogP contribution in [0.5, 0.6) is 0 Å². The molecule has 0 radical (unpaired) electrons. The lowest BCUT2D eigenvalue weighted by molar-refractivity contribution is -0.129. The highest BCUT2D eigenvalue weighted by Gasteiger charge is 2.12. The van der Waals surface area contributed by atoms with Gasteiger partial charge in [0, 0.05) is 24.8 Å². The Balaban J connectivity index is 1.63. The summed E-state index contributed by atoms with van der Waals surface area (Å²) in [5.74, 6) is 0.0441. The van der Waals surface area contributed by atoms with Crippen LogP contribution in [0, 0.1) is 0 Å². The van der Waals surface area contributed by atoms with Gasteiger partial charge in [0.15, 0.2) is 0 Å². The van der Waals surface area contributed by atoms with Crippen LogP contribution in [0.1, 0.15) is 11.1 Å². The lowest BCUT2D eigenvalue weighted by Gasteiger charge is -2.17. The number of hydrogen-bond donors (Lipinski definition) is 0. The van der Waals surface area contributed by atoms with Gasteiger partial charge >= 0.3 is 0 Å². The zero-order chi connectivity index (χ0) is 16.9. The monoisotopic (exact) mass is 339 g/mol. The number of amides is 1. The van der Waals surface area contributed by atoms with Gasteiger partial charge in [0.1, 0.15) is 0 Å². The predicted molar refractivity (Wildman–Crippen MR) is 95.2 cm³/mol. The van der Waals surface area contributed by atoms with Crippen LogP contribution in [0.25, 0.3) is 5.69 Å². The number of nitrogens with zero attached hydrogens (tertiary/aromatic N) is 3. The molecule has 24 heavy (non-hydrogen) atoms. The third-order valence-electron chi connectivity index (χ3n) is 3.75. The molecule has 0 aliphatic heterocycles. The quantitative estimate of drug-likeness (QED) is 0.710. The summed E-state index contributed by atoms with van der Waals surface area (Å²) < 4.78 is 1.78. The van der Waals surface area contributed by atoms with Gasteiger partial charge in [-0.1, -0.05) is 41.9 Å². The fraction of sp³-hybridized carbons (Fsp3) is 0.158. The van der Waals surface area contributed by atoms with Crippen LogP contribution >= 0.6 is 11.6 Å². The van der Waals surface area contributed by atoms with Gasteiger partial charge < -0.3 is 4.90 Å². The summed E-state index contributed by atoms with van der Waals surface area (Å²) in [4.78, 5) is 14.1. The Labute approximate surface area is 146 Å². The molecule has 5 heteroatoms. The largest absolute Gasteiger partial charge is 0.341 e. The van der Waals surface area contributed by atoms with Crippen LogP contribution in [-0.2, 0) is 17.8 Å². The van der Waals surface area contributed by atoms with Gasteiger partial charge in [-0.3, -0.25) is 4.79 Å². The minimum absolute atomic E-state index is 0.0441. The molecule has 0 unspecified atom stereocenters. The van der Waals surface area contributed by atoms with Crippen molar-refractivity contribution >= 4 is 17.5 Å². The molecule has 0 atom stereocenters. The van der Waals surface area contributed by atoms with Crippen LogP contribution in [0.4, 0.5) is 0 Å². The minimum Gasteiger partial charge on any atom is -0.341 e. The Kier molecular flexibility index (Phi) is 4.96. The third kappa shape index (κ3) is 4.03. The second-order valence-corrected chi connectivity index (χ2v) is 6.12. The van der Waals surface area contributed by atoms with E-state index in [4.69, 9.17) is 11.6 Å². The second-order valence-electron chi connectivity index (χ2n) is 5.69. The number of benzene rings is 2. The zero-order valence-corrected chi connectivity index (χ0v) is 14.1. The van der Waals surface area contributed by atoms with Crippen molar-refractivity contribution in [1.82, 2.24) is 14.7 Å². The molecule has 0 bridgehead atoms. The van der Waals surface area contributed by atoms with Gasteiger partial charge in [0.2, 0.25) is 5.91 Å². The van der Waals surface area contributed by atoms with E-state index in [1.807, 2.05) is 60.8 Å². The predicted octanol–water partition coefficient (Wildman–Crippen LogP) is 3.73. The third-order valence-corrected chi connectivity index (χ3v) is 3.98. The van der Waals surface area contributed by atoms with Gasteiger partial charge in [-0.15, -0.1) is 0 Å². The Morgan fingerprint density at radius 2 is 1.92 bits per heavy atom. The molecule has 3 rings (SSSR count). The highest BCUT2D eigenvalue weighted by atomic mass is 35.5. The number of carbonyl (C=O) groups excluding carboxylic acids is 1. The molecule has 0 N–H and O–H groups in total. The van der Waals surface area contributed by atoms with Crippen LogP contribution in [-0.4, -0.2) is 27.6 Å². The fourth-order valence-electron chi connectivity index (χ4n) is 2.48. The molecule has 0 saturated heterocycles. The first-order valence-electron chi connectivity index (χ1n) is 7.69. The molecule has 122 valence electrons. The molecule has 1 aromatic heterocycles. The van der Waals surface area contributed by atoms with Gasteiger partial charge in [-0.05, 0) is 35.4 Å². The number of carbonyl (C=O) groups is 1. The van der Waals surface area contributed by atoms with Crippen molar-refractivity contribution in [3.05, 3.63) is 83.1 Å². The van der Waals surface area contributed by atoms with Crippen molar-refractivity contribution in [3.8, 4) is 5.69 Å². The van der Waals surface area contributed by atoms with Crippen molar-refractivity contribution in [1.29, 1.82) is 0 Å². The van der Waals surface area contributed by atoms with E-state index in [2.05, 4.69) is 5.10 Å². The number of aromatic nitrogens is 2. The van der Waals surface area contributed by atoms with E-state index in [9.17, 15) is 4.79 Å². The number of hydrogen-bond acceptors (Lipinski definition) is 2. The molecule has 0 spiro atoms. The van der Waals surface area contributed by atoms with Gasteiger partial charge in [0.05, 0.1) is 18.3 Å². The van der Waals surface area contributed by atoms with Crippen molar-refractivity contribution in [2.45, 2.75) is 13.0 Å².